The molecule has 0 aliphatic carbocycles. The van der Waals surface area contributed by atoms with Crippen molar-refractivity contribution in [2.75, 3.05) is 18.0 Å². The maximum absolute atomic E-state index is 13.6. The lowest BCUT2D eigenvalue weighted by Crippen LogP contribution is -2.34. The van der Waals surface area contributed by atoms with Gasteiger partial charge in [-0.05, 0) is 29.8 Å². The lowest BCUT2D eigenvalue weighted by Gasteiger charge is -2.22. The van der Waals surface area contributed by atoms with Gasteiger partial charge in [0.05, 0.1) is 5.02 Å². The van der Waals surface area contributed by atoms with Crippen LogP contribution in [0.3, 0.4) is 0 Å². The van der Waals surface area contributed by atoms with Crippen LogP contribution in [0.1, 0.15) is 15.9 Å². The first-order valence-corrected chi connectivity index (χ1v) is 7.10. The van der Waals surface area contributed by atoms with Crippen molar-refractivity contribution in [1.82, 2.24) is 5.32 Å². The van der Waals surface area contributed by atoms with Gasteiger partial charge in [0.1, 0.15) is 5.82 Å². The average molecular weight is 305 g/mol. The predicted octanol–water partition coefficient (Wildman–Crippen LogP) is 3.23. The molecule has 0 saturated carbocycles. The number of hydrogen-bond donors (Lipinski definition) is 1. The maximum atomic E-state index is 13.6. The molecule has 21 heavy (non-hydrogen) atoms. The Balaban J connectivity index is 1.99. The fourth-order valence-corrected chi connectivity index (χ4v) is 2.57. The molecule has 1 N–H and O–H groups in total. The highest BCUT2D eigenvalue weighted by Crippen LogP contribution is 2.25. The Kier molecular flexibility index (Phi) is 3.90. The number of rotatable bonds is 1. The number of carbonyl (C=O) groups is 1. The largest absolute Gasteiger partial charge is 0.311 e. The van der Waals surface area contributed by atoms with Crippen LogP contribution in [0, 0.1) is 5.82 Å². The number of nitrogens with zero attached hydrogens (tertiary/aromatic N) is 1. The highest BCUT2D eigenvalue weighted by Gasteiger charge is 2.22. The van der Waals surface area contributed by atoms with E-state index in [4.69, 9.17) is 11.6 Å². The molecule has 1 aliphatic heterocycles. The van der Waals surface area contributed by atoms with Crippen molar-refractivity contribution in [2.45, 2.75) is 6.54 Å². The minimum Gasteiger partial charge on any atom is -0.311 e. The van der Waals surface area contributed by atoms with Crippen LogP contribution >= 0.6 is 11.6 Å². The zero-order valence-electron chi connectivity index (χ0n) is 11.3. The summed E-state index contributed by atoms with van der Waals surface area (Å²) < 4.78 is 13.6. The second-order valence-corrected chi connectivity index (χ2v) is 5.30. The van der Waals surface area contributed by atoms with E-state index in [9.17, 15) is 9.18 Å². The summed E-state index contributed by atoms with van der Waals surface area (Å²) in [5.41, 5.74) is 2.22. The molecule has 1 heterocycles. The first-order chi connectivity index (χ1) is 10.2. The zero-order valence-corrected chi connectivity index (χ0v) is 12.0. The normalized spacial score (nSPS) is 14.5. The third-order valence-corrected chi connectivity index (χ3v) is 3.83. The number of para-hydroxylation sites is 1. The molecule has 0 aromatic heterocycles. The van der Waals surface area contributed by atoms with Crippen molar-refractivity contribution < 1.29 is 9.18 Å². The van der Waals surface area contributed by atoms with E-state index in [1.54, 1.807) is 11.0 Å². The minimum atomic E-state index is -0.580. The van der Waals surface area contributed by atoms with Gasteiger partial charge in [-0.25, -0.2) is 4.39 Å². The summed E-state index contributed by atoms with van der Waals surface area (Å²) in [6, 6.07) is 11.9. The van der Waals surface area contributed by atoms with Gasteiger partial charge in [0, 0.05) is 30.9 Å². The van der Waals surface area contributed by atoms with Crippen molar-refractivity contribution in [2.24, 2.45) is 0 Å². The molecule has 108 valence electrons. The molecular weight excluding hydrogens is 291 g/mol. The van der Waals surface area contributed by atoms with E-state index in [-0.39, 0.29) is 10.9 Å². The zero-order chi connectivity index (χ0) is 14.8. The standard InChI is InChI=1S/C16H14ClFN2O/c17-13-6-5-11(9-14(13)18)16(21)20-8-7-19-10-12-3-1-2-4-15(12)20/h1-6,9,19H,7-8,10H2. The monoisotopic (exact) mass is 304 g/mol. The summed E-state index contributed by atoms with van der Waals surface area (Å²) in [4.78, 5) is 14.3. The van der Waals surface area contributed by atoms with Gasteiger partial charge in [0.25, 0.3) is 5.91 Å². The van der Waals surface area contributed by atoms with Gasteiger partial charge in [-0.3, -0.25) is 4.79 Å². The van der Waals surface area contributed by atoms with Crippen molar-refractivity contribution in [3.8, 4) is 0 Å². The van der Waals surface area contributed by atoms with E-state index in [2.05, 4.69) is 5.32 Å². The molecule has 1 amide bonds. The van der Waals surface area contributed by atoms with Crippen LogP contribution in [0.15, 0.2) is 42.5 Å². The lowest BCUT2D eigenvalue weighted by atomic mass is 10.1. The van der Waals surface area contributed by atoms with Crippen molar-refractivity contribution in [3.63, 3.8) is 0 Å². The van der Waals surface area contributed by atoms with E-state index in [0.29, 0.717) is 18.7 Å². The van der Waals surface area contributed by atoms with Crippen molar-refractivity contribution in [1.29, 1.82) is 0 Å². The van der Waals surface area contributed by atoms with E-state index in [1.165, 1.54) is 12.1 Å². The molecule has 2 aromatic rings. The molecule has 3 rings (SSSR count). The number of nitrogens with one attached hydrogen (secondary N) is 1. The van der Waals surface area contributed by atoms with E-state index in [1.807, 2.05) is 24.3 Å². The molecule has 0 bridgehead atoms. The third kappa shape index (κ3) is 2.77. The van der Waals surface area contributed by atoms with Crippen LogP contribution in [-0.4, -0.2) is 19.0 Å². The highest BCUT2D eigenvalue weighted by atomic mass is 35.5. The molecule has 3 nitrogen and oxygen atoms in total. The van der Waals surface area contributed by atoms with Gasteiger partial charge in [-0.1, -0.05) is 29.8 Å². The Morgan fingerprint density at radius 3 is 2.86 bits per heavy atom. The fourth-order valence-electron chi connectivity index (χ4n) is 2.45. The van der Waals surface area contributed by atoms with Gasteiger partial charge < -0.3 is 10.2 Å². The van der Waals surface area contributed by atoms with Crippen LogP contribution < -0.4 is 10.2 Å². The van der Waals surface area contributed by atoms with Gasteiger partial charge in [0.15, 0.2) is 0 Å². The Morgan fingerprint density at radius 2 is 2.05 bits per heavy atom. The number of carbonyl (C=O) groups excluding carboxylic acids is 1. The number of hydrogen-bond acceptors (Lipinski definition) is 2. The van der Waals surface area contributed by atoms with Crippen molar-refractivity contribution >= 4 is 23.2 Å². The first-order valence-electron chi connectivity index (χ1n) is 6.72. The summed E-state index contributed by atoms with van der Waals surface area (Å²) >= 11 is 5.67. The van der Waals surface area contributed by atoms with Gasteiger partial charge in [0.2, 0.25) is 0 Å². The van der Waals surface area contributed by atoms with Gasteiger partial charge in [-0.2, -0.15) is 0 Å². The SMILES string of the molecule is O=C(c1ccc(Cl)c(F)c1)N1CCNCc2ccccc21. The van der Waals surface area contributed by atoms with Gasteiger partial charge in [-0.15, -0.1) is 0 Å². The number of amides is 1. The van der Waals surface area contributed by atoms with E-state index >= 15 is 0 Å². The lowest BCUT2D eigenvalue weighted by molar-refractivity contribution is 0.0987. The van der Waals surface area contributed by atoms with E-state index in [0.717, 1.165) is 17.8 Å². The van der Waals surface area contributed by atoms with E-state index < -0.39 is 5.82 Å². The summed E-state index contributed by atoms with van der Waals surface area (Å²) in [6.45, 7) is 1.95. The molecule has 0 fully saturated rings. The summed E-state index contributed by atoms with van der Waals surface area (Å²) in [5.74, 6) is -0.800. The van der Waals surface area contributed by atoms with Gasteiger partial charge >= 0.3 is 0 Å². The van der Waals surface area contributed by atoms with Crippen molar-refractivity contribution in [3.05, 3.63) is 64.4 Å². The molecule has 0 radical (unpaired) electrons. The fraction of sp³-hybridized carbons (Fsp3) is 0.188. The molecule has 0 unspecified atom stereocenters. The second kappa shape index (κ2) is 5.84. The molecule has 0 spiro atoms. The number of anilines is 1. The molecule has 1 aliphatic rings. The molecule has 2 aromatic carbocycles. The van der Waals surface area contributed by atoms with Crippen LogP contribution in [-0.2, 0) is 6.54 Å². The first kappa shape index (κ1) is 14.0. The Bertz CT molecular complexity index is 690. The van der Waals surface area contributed by atoms with Crippen LogP contribution in [0.2, 0.25) is 5.02 Å². The number of benzene rings is 2. The smallest absolute Gasteiger partial charge is 0.258 e. The Hall–Kier alpha value is -1.91. The van der Waals surface area contributed by atoms with Crippen LogP contribution in [0.5, 0.6) is 0 Å². The maximum Gasteiger partial charge on any atom is 0.258 e. The second-order valence-electron chi connectivity index (χ2n) is 4.89. The summed E-state index contributed by atoms with van der Waals surface area (Å²) in [6.07, 6.45) is 0. The van der Waals surface area contributed by atoms with Crippen LogP contribution in [0.4, 0.5) is 10.1 Å². The molecular formula is C16H14ClFN2O. The summed E-state index contributed by atoms with van der Waals surface area (Å²) in [5, 5.41) is 3.29. The average Bonchev–Trinajstić information content (AvgIpc) is 2.71. The number of halogens is 2. The predicted molar refractivity (Wildman–Crippen MR) is 81.2 cm³/mol. The Labute approximate surface area is 127 Å². The summed E-state index contributed by atoms with van der Waals surface area (Å²) in [7, 11) is 0. The topological polar surface area (TPSA) is 32.3 Å². The minimum absolute atomic E-state index is 0.0180. The Morgan fingerprint density at radius 1 is 1.24 bits per heavy atom. The quantitative estimate of drug-likeness (QED) is 0.877. The van der Waals surface area contributed by atoms with Crippen LogP contribution in [0.25, 0.3) is 0 Å². The molecule has 0 saturated heterocycles. The number of fused-ring (bicyclic) bond motifs is 1. The third-order valence-electron chi connectivity index (χ3n) is 3.52. The molecule has 0 atom stereocenters. The highest BCUT2D eigenvalue weighted by molar-refractivity contribution is 6.30. The molecule has 5 heteroatoms.